The third kappa shape index (κ3) is 3.99. The Balaban J connectivity index is 1.63. The van der Waals surface area contributed by atoms with Crippen LogP contribution in [-0.2, 0) is 18.3 Å². The molecule has 0 saturated heterocycles. The average molecular weight is 388 g/mol. The van der Waals surface area contributed by atoms with E-state index in [1.54, 1.807) is 7.05 Å². The number of thioether (sulfide) groups is 1. The fourth-order valence-corrected chi connectivity index (χ4v) is 4.22. The number of fused-ring (bicyclic) bond motifs is 1. The fourth-order valence-electron chi connectivity index (χ4n) is 2.64. The number of hydrogen-bond donors (Lipinski definition) is 1. The Morgan fingerprint density at radius 1 is 1.31 bits per heavy atom. The van der Waals surface area contributed by atoms with Crippen LogP contribution in [0.15, 0.2) is 45.7 Å². The van der Waals surface area contributed by atoms with Crippen LogP contribution in [0.4, 0.5) is 0 Å². The maximum atomic E-state index is 12.3. The smallest absolute Gasteiger partial charge is 0.271 e. The number of benzene rings is 1. The Bertz CT molecular complexity index is 977. The number of carbonyl (C=O) groups excluding carboxylic acids is 1. The third-order valence-electron chi connectivity index (χ3n) is 4.24. The van der Waals surface area contributed by atoms with Crippen LogP contribution >= 0.6 is 23.1 Å². The molecule has 5 nitrogen and oxygen atoms in total. The van der Waals surface area contributed by atoms with Crippen LogP contribution in [0.5, 0.6) is 0 Å². The molecule has 1 aromatic carbocycles. The first-order valence-electron chi connectivity index (χ1n) is 8.44. The van der Waals surface area contributed by atoms with Crippen LogP contribution in [0, 0.1) is 0 Å². The second-order valence-corrected chi connectivity index (χ2v) is 7.93. The van der Waals surface area contributed by atoms with Crippen molar-refractivity contribution in [1.82, 2.24) is 14.9 Å². The van der Waals surface area contributed by atoms with Crippen molar-refractivity contribution in [1.29, 1.82) is 0 Å². The van der Waals surface area contributed by atoms with Gasteiger partial charge in [0.1, 0.15) is 4.70 Å². The molecule has 0 aliphatic rings. The van der Waals surface area contributed by atoms with Gasteiger partial charge in [-0.05, 0) is 35.9 Å². The molecule has 0 radical (unpaired) electrons. The molecule has 0 saturated carbocycles. The largest absolute Gasteiger partial charge is 0.349 e. The summed E-state index contributed by atoms with van der Waals surface area (Å²) in [4.78, 5) is 29.1. The summed E-state index contributed by atoms with van der Waals surface area (Å²) in [6, 6.07) is 10.0. The Kier molecular flexibility index (Phi) is 5.78. The minimum atomic E-state index is -0.0817. The highest BCUT2D eigenvalue weighted by Crippen LogP contribution is 2.20. The van der Waals surface area contributed by atoms with E-state index < -0.39 is 0 Å². The number of aromatic nitrogens is 2. The molecule has 2 aromatic heterocycles. The van der Waals surface area contributed by atoms with E-state index in [4.69, 9.17) is 0 Å². The molecule has 26 heavy (non-hydrogen) atoms. The molecular formula is C19H21N3O2S2. The van der Waals surface area contributed by atoms with Gasteiger partial charge < -0.3 is 5.32 Å². The summed E-state index contributed by atoms with van der Waals surface area (Å²) in [5.41, 5.74) is 2.96. The predicted octanol–water partition coefficient (Wildman–Crippen LogP) is 3.53. The Morgan fingerprint density at radius 3 is 2.73 bits per heavy atom. The summed E-state index contributed by atoms with van der Waals surface area (Å²) >= 11 is 2.66. The van der Waals surface area contributed by atoms with E-state index in [2.05, 4.69) is 29.4 Å². The predicted molar refractivity (Wildman–Crippen MR) is 108 cm³/mol. The van der Waals surface area contributed by atoms with Crippen LogP contribution in [0.2, 0.25) is 0 Å². The van der Waals surface area contributed by atoms with Gasteiger partial charge in [-0.15, -0.1) is 11.3 Å². The van der Waals surface area contributed by atoms with Crippen molar-refractivity contribution >= 4 is 39.2 Å². The molecular weight excluding hydrogens is 366 g/mol. The first-order valence-corrected chi connectivity index (χ1v) is 10.3. The molecule has 0 spiro atoms. The van der Waals surface area contributed by atoms with Crippen molar-refractivity contribution in [3.05, 3.63) is 57.2 Å². The molecule has 7 heteroatoms. The van der Waals surface area contributed by atoms with Gasteiger partial charge >= 0.3 is 0 Å². The molecule has 136 valence electrons. The van der Waals surface area contributed by atoms with E-state index in [9.17, 15) is 9.59 Å². The number of thiophene rings is 1. The summed E-state index contributed by atoms with van der Waals surface area (Å²) in [7, 11) is 1.69. The zero-order chi connectivity index (χ0) is 18.7. The number of carbonyl (C=O) groups is 1. The van der Waals surface area contributed by atoms with E-state index in [1.807, 2.05) is 30.5 Å². The van der Waals surface area contributed by atoms with E-state index in [1.165, 1.54) is 33.2 Å². The average Bonchev–Trinajstić information content (AvgIpc) is 3.12. The summed E-state index contributed by atoms with van der Waals surface area (Å²) < 4.78 is 2.15. The van der Waals surface area contributed by atoms with Crippen LogP contribution in [0.25, 0.3) is 10.2 Å². The lowest BCUT2D eigenvalue weighted by Crippen LogP contribution is -2.28. The summed E-state index contributed by atoms with van der Waals surface area (Å²) in [5, 5.41) is 5.40. The Labute approximate surface area is 160 Å². The minimum Gasteiger partial charge on any atom is -0.349 e. The molecule has 0 fully saturated rings. The molecule has 1 amide bonds. The normalized spacial score (nSPS) is 12.3. The van der Waals surface area contributed by atoms with E-state index >= 15 is 0 Å². The van der Waals surface area contributed by atoms with Crippen molar-refractivity contribution in [3.63, 3.8) is 0 Å². The van der Waals surface area contributed by atoms with Crippen molar-refractivity contribution < 1.29 is 4.79 Å². The quantitative estimate of drug-likeness (QED) is 0.519. The maximum Gasteiger partial charge on any atom is 0.271 e. The third-order valence-corrected chi connectivity index (χ3v) is 6.17. The van der Waals surface area contributed by atoms with Gasteiger partial charge in [0.05, 0.1) is 17.3 Å². The van der Waals surface area contributed by atoms with Crippen molar-refractivity contribution in [2.45, 2.75) is 31.5 Å². The van der Waals surface area contributed by atoms with Gasteiger partial charge in [-0.2, -0.15) is 0 Å². The monoisotopic (exact) mass is 387 g/mol. The standard InChI is InChI=1S/C19H21N3O2S2/c1-4-13-5-7-14(8-6-13)12(2)20-16(23)11-26-19-21-15-9-10-25-17(15)18(24)22(19)3/h5-10,12H,4,11H2,1-3H3,(H,20,23). The van der Waals surface area contributed by atoms with Gasteiger partial charge in [0, 0.05) is 7.05 Å². The van der Waals surface area contributed by atoms with Crippen molar-refractivity contribution in [2.75, 3.05) is 5.75 Å². The molecule has 3 rings (SSSR count). The zero-order valence-electron chi connectivity index (χ0n) is 15.0. The van der Waals surface area contributed by atoms with E-state index in [-0.39, 0.29) is 23.3 Å². The highest BCUT2D eigenvalue weighted by Gasteiger charge is 2.13. The van der Waals surface area contributed by atoms with Crippen LogP contribution in [-0.4, -0.2) is 21.2 Å². The molecule has 1 N–H and O–H groups in total. The second-order valence-electron chi connectivity index (χ2n) is 6.07. The number of nitrogens with one attached hydrogen (secondary N) is 1. The summed E-state index contributed by atoms with van der Waals surface area (Å²) in [6.45, 7) is 4.08. The fraction of sp³-hybridized carbons (Fsp3) is 0.316. The van der Waals surface area contributed by atoms with Crippen LogP contribution < -0.4 is 10.9 Å². The first kappa shape index (κ1) is 18.7. The molecule has 2 heterocycles. The lowest BCUT2D eigenvalue weighted by molar-refractivity contribution is -0.119. The molecule has 0 aliphatic heterocycles. The maximum absolute atomic E-state index is 12.3. The Morgan fingerprint density at radius 2 is 2.04 bits per heavy atom. The highest BCUT2D eigenvalue weighted by atomic mass is 32.2. The van der Waals surface area contributed by atoms with Crippen molar-refractivity contribution in [3.8, 4) is 0 Å². The van der Waals surface area contributed by atoms with Gasteiger partial charge in [-0.1, -0.05) is 43.0 Å². The zero-order valence-corrected chi connectivity index (χ0v) is 16.6. The number of nitrogens with zero attached hydrogens (tertiary/aromatic N) is 2. The van der Waals surface area contributed by atoms with Crippen molar-refractivity contribution in [2.24, 2.45) is 7.05 Å². The van der Waals surface area contributed by atoms with Gasteiger partial charge in [-0.3, -0.25) is 14.2 Å². The summed E-state index contributed by atoms with van der Waals surface area (Å²) in [5.74, 6) is 0.134. The second kappa shape index (κ2) is 8.05. The highest BCUT2D eigenvalue weighted by molar-refractivity contribution is 7.99. The lowest BCUT2D eigenvalue weighted by Gasteiger charge is -2.15. The number of hydrogen-bond acceptors (Lipinski definition) is 5. The van der Waals surface area contributed by atoms with Crippen LogP contribution in [0.3, 0.4) is 0 Å². The number of rotatable bonds is 6. The summed E-state index contributed by atoms with van der Waals surface area (Å²) in [6.07, 6.45) is 0.998. The molecule has 3 aromatic rings. The van der Waals surface area contributed by atoms with Gasteiger partial charge in [0.15, 0.2) is 5.16 Å². The number of amides is 1. The molecule has 0 bridgehead atoms. The van der Waals surface area contributed by atoms with Gasteiger partial charge in [0.2, 0.25) is 5.91 Å². The van der Waals surface area contributed by atoms with Gasteiger partial charge in [-0.25, -0.2) is 4.98 Å². The lowest BCUT2D eigenvalue weighted by atomic mass is 10.1. The van der Waals surface area contributed by atoms with E-state index in [0.717, 1.165) is 12.0 Å². The molecule has 1 atom stereocenters. The molecule has 1 unspecified atom stereocenters. The SMILES string of the molecule is CCc1ccc(C(C)NC(=O)CSc2nc3ccsc3c(=O)n2C)cc1. The topological polar surface area (TPSA) is 64.0 Å². The van der Waals surface area contributed by atoms with Gasteiger partial charge in [0.25, 0.3) is 5.56 Å². The minimum absolute atomic E-state index is 0.0647. The number of aryl methyl sites for hydroxylation is 1. The van der Waals surface area contributed by atoms with E-state index in [0.29, 0.717) is 15.4 Å². The first-order chi connectivity index (χ1) is 12.5. The Hall–Kier alpha value is -2.12. The molecule has 0 aliphatic carbocycles. The van der Waals surface area contributed by atoms with Crippen LogP contribution in [0.1, 0.15) is 31.0 Å².